The average Bonchev–Trinajstić information content (AvgIpc) is 2.14. The molecule has 1 N–H and O–H groups in total. The summed E-state index contributed by atoms with van der Waals surface area (Å²) in [5.74, 6) is 0.430. The number of ether oxygens (including phenoxy) is 1. The van der Waals surface area contributed by atoms with Gasteiger partial charge in [0.05, 0.1) is 12.7 Å². The minimum Gasteiger partial charge on any atom is -0.481 e. The standard InChI is InChI=1S/C10H12ClNO2/c1-14-9-7(3-4-8(11)12-9)10(13)5-2-6-10/h3-4,13H,2,5-6H2,1H3. The van der Waals surface area contributed by atoms with Crippen LogP contribution in [-0.4, -0.2) is 17.2 Å². The fourth-order valence-corrected chi connectivity index (χ4v) is 1.85. The number of pyridine rings is 1. The van der Waals surface area contributed by atoms with E-state index < -0.39 is 5.60 Å². The normalized spacial score (nSPS) is 18.8. The van der Waals surface area contributed by atoms with E-state index >= 15 is 0 Å². The predicted molar refractivity (Wildman–Crippen MR) is 53.5 cm³/mol. The van der Waals surface area contributed by atoms with E-state index in [4.69, 9.17) is 16.3 Å². The molecule has 0 aromatic carbocycles. The van der Waals surface area contributed by atoms with E-state index in [0.717, 1.165) is 24.8 Å². The first-order valence-corrected chi connectivity index (χ1v) is 4.97. The summed E-state index contributed by atoms with van der Waals surface area (Å²) in [7, 11) is 1.53. The highest BCUT2D eigenvalue weighted by atomic mass is 35.5. The zero-order valence-electron chi connectivity index (χ0n) is 7.96. The molecule has 1 heterocycles. The van der Waals surface area contributed by atoms with E-state index in [1.807, 2.05) is 0 Å². The van der Waals surface area contributed by atoms with Gasteiger partial charge in [-0.05, 0) is 31.4 Å². The Bertz CT molecular complexity index is 350. The molecule has 0 bridgehead atoms. The van der Waals surface area contributed by atoms with Crippen LogP contribution in [0.15, 0.2) is 12.1 Å². The highest BCUT2D eigenvalue weighted by Crippen LogP contribution is 2.44. The highest BCUT2D eigenvalue weighted by molar-refractivity contribution is 6.29. The van der Waals surface area contributed by atoms with Gasteiger partial charge in [0, 0.05) is 5.56 Å². The Morgan fingerprint density at radius 3 is 2.71 bits per heavy atom. The van der Waals surface area contributed by atoms with Gasteiger partial charge < -0.3 is 9.84 Å². The molecule has 1 aliphatic rings. The smallest absolute Gasteiger partial charge is 0.220 e. The maximum Gasteiger partial charge on any atom is 0.220 e. The summed E-state index contributed by atoms with van der Waals surface area (Å²) in [6.45, 7) is 0. The van der Waals surface area contributed by atoms with Crippen molar-refractivity contribution in [2.75, 3.05) is 7.11 Å². The van der Waals surface area contributed by atoms with Gasteiger partial charge in [0.2, 0.25) is 5.88 Å². The van der Waals surface area contributed by atoms with Crippen LogP contribution < -0.4 is 4.74 Å². The molecule has 0 atom stereocenters. The van der Waals surface area contributed by atoms with E-state index in [-0.39, 0.29) is 0 Å². The van der Waals surface area contributed by atoms with Gasteiger partial charge in [-0.15, -0.1) is 0 Å². The second-order valence-electron chi connectivity index (χ2n) is 3.58. The molecule has 1 saturated carbocycles. The number of methoxy groups -OCH3 is 1. The number of hydrogen-bond acceptors (Lipinski definition) is 3. The molecule has 4 heteroatoms. The van der Waals surface area contributed by atoms with Gasteiger partial charge in [-0.2, -0.15) is 0 Å². The van der Waals surface area contributed by atoms with Crippen molar-refractivity contribution in [1.82, 2.24) is 4.98 Å². The van der Waals surface area contributed by atoms with Crippen molar-refractivity contribution in [2.24, 2.45) is 0 Å². The number of nitrogens with zero attached hydrogens (tertiary/aromatic N) is 1. The van der Waals surface area contributed by atoms with Crippen LogP contribution in [0.1, 0.15) is 24.8 Å². The zero-order chi connectivity index (χ0) is 10.2. The first-order valence-electron chi connectivity index (χ1n) is 4.59. The van der Waals surface area contributed by atoms with Crippen molar-refractivity contribution in [1.29, 1.82) is 0 Å². The molecule has 0 saturated heterocycles. The molecule has 0 aliphatic heterocycles. The second-order valence-corrected chi connectivity index (χ2v) is 3.96. The quantitative estimate of drug-likeness (QED) is 0.766. The van der Waals surface area contributed by atoms with Crippen LogP contribution in [0.25, 0.3) is 0 Å². The fraction of sp³-hybridized carbons (Fsp3) is 0.500. The maximum absolute atomic E-state index is 10.1. The summed E-state index contributed by atoms with van der Waals surface area (Å²) in [5.41, 5.74) is -0.00112. The molecular formula is C10H12ClNO2. The summed E-state index contributed by atoms with van der Waals surface area (Å²) in [4.78, 5) is 4.02. The number of hydrogen-bond donors (Lipinski definition) is 1. The molecule has 76 valence electrons. The SMILES string of the molecule is COc1nc(Cl)ccc1C1(O)CCC1. The Labute approximate surface area is 87.7 Å². The molecule has 3 nitrogen and oxygen atoms in total. The summed E-state index contributed by atoms with van der Waals surface area (Å²) in [5, 5.41) is 10.5. The Hall–Kier alpha value is -0.800. The molecule has 1 aromatic rings. The number of halogens is 1. The van der Waals surface area contributed by atoms with E-state index in [0.29, 0.717) is 11.0 Å². The lowest BCUT2D eigenvalue weighted by molar-refractivity contribution is -0.0408. The predicted octanol–water partition coefficient (Wildman–Crippen LogP) is 2.12. The van der Waals surface area contributed by atoms with Crippen molar-refractivity contribution < 1.29 is 9.84 Å². The number of aliphatic hydroxyl groups is 1. The van der Waals surface area contributed by atoms with Crippen molar-refractivity contribution >= 4 is 11.6 Å². The molecule has 0 unspecified atom stereocenters. The molecule has 0 amide bonds. The molecule has 1 aliphatic carbocycles. The molecule has 0 spiro atoms. The lowest BCUT2D eigenvalue weighted by Gasteiger charge is -2.37. The van der Waals surface area contributed by atoms with E-state index in [1.165, 1.54) is 7.11 Å². The Kier molecular flexibility index (Phi) is 2.37. The van der Waals surface area contributed by atoms with Gasteiger partial charge in [-0.25, -0.2) is 4.98 Å². The monoisotopic (exact) mass is 213 g/mol. The molecule has 2 rings (SSSR count). The van der Waals surface area contributed by atoms with Crippen LogP contribution in [0, 0.1) is 0 Å². The van der Waals surface area contributed by atoms with E-state index in [9.17, 15) is 5.11 Å². The summed E-state index contributed by atoms with van der Waals surface area (Å²) >= 11 is 5.73. The molecular weight excluding hydrogens is 202 g/mol. The third-order valence-corrected chi connectivity index (χ3v) is 2.91. The lowest BCUT2D eigenvalue weighted by Crippen LogP contribution is -2.34. The molecule has 0 radical (unpaired) electrons. The summed E-state index contributed by atoms with van der Waals surface area (Å²) in [6.07, 6.45) is 2.58. The van der Waals surface area contributed by atoms with E-state index in [2.05, 4.69) is 4.98 Å². The van der Waals surface area contributed by atoms with Crippen LogP contribution in [0.4, 0.5) is 0 Å². The van der Waals surface area contributed by atoms with Gasteiger partial charge in [-0.1, -0.05) is 11.6 Å². The Morgan fingerprint density at radius 2 is 2.21 bits per heavy atom. The summed E-state index contributed by atoms with van der Waals surface area (Å²) < 4.78 is 5.09. The van der Waals surface area contributed by atoms with E-state index in [1.54, 1.807) is 12.1 Å². The fourth-order valence-electron chi connectivity index (χ4n) is 1.71. The Morgan fingerprint density at radius 1 is 1.50 bits per heavy atom. The van der Waals surface area contributed by atoms with Crippen molar-refractivity contribution in [2.45, 2.75) is 24.9 Å². The molecule has 1 aromatic heterocycles. The van der Waals surface area contributed by atoms with Gasteiger partial charge in [0.15, 0.2) is 0 Å². The molecule has 1 fully saturated rings. The van der Waals surface area contributed by atoms with Gasteiger partial charge in [0.25, 0.3) is 0 Å². The second kappa shape index (κ2) is 3.41. The minimum absolute atomic E-state index is 0.383. The average molecular weight is 214 g/mol. The van der Waals surface area contributed by atoms with Gasteiger partial charge >= 0.3 is 0 Å². The first kappa shape index (κ1) is 9.74. The van der Waals surface area contributed by atoms with Crippen molar-refractivity contribution in [3.8, 4) is 5.88 Å². The highest BCUT2D eigenvalue weighted by Gasteiger charge is 2.39. The van der Waals surface area contributed by atoms with Gasteiger partial charge in [0.1, 0.15) is 5.15 Å². The number of rotatable bonds is 2. The lowest BCUT2D eigenvalue weighted by atomic mass is 9.75. The minimum atomic E-state index is -0.747. The zero-order valence-corrected chi connectivity index (χ0v) is 8.71. The van der Waals surface area contributed by atoms with Crippen LogP contribution in [0.5, 0.6) is 5.88 Å². The largest absolute Gasteiger partial charge is 0.481 e. The third kappa shape index (κ3) is 1.47. The van der Waals surface area contributed by atoms with Crippen LogP contribution in [-0.2, 0) is 5.60 Å². The van der Waals surface area contributed by atoms with Crippen LogP contribution >= 0.6 is 11.6 Å². The van der Waals surface area contributed by atoms with Crippen LogP contribution in [0.3, 0.4) is 0 Å². The molecule has 14 heavy (non-hydrogen) atoms. The third-order valence-electron chi connectivity index (χ3n) is 2.70. The topological polar surface area (TPSA) is 42.4 Å². The van der Waals surface area contributed by atoms with Crippen LogP contribution in [0.2, 0.25) is 5.15 Å². The maximum atomic E-state index is 10.1. The van der Waals surface area contributed by atoms with Gasteiger partial charge in [-0.3, -0.25) is 0 Å². The Balaban J connectivity index is 2.41. The summed E-state index contributed by atoms with van der Waals surface area (Å²) in [6, 6.07) is 3.46. The number of aromatic nitrogens is 1. The van der Waals surface area contributed by atoms with Crippen molar-refractivity contribution in [3.05, 3.63) is 22.8 Å². The van der Waals surface area contributed by atoms with Crippen molar-refractivity contribution in [3.63, 3.8) is 0 Å². The first-order chi connectivity index (χ1) is 6.65.